The van der Waals surface area contributed by atoms with Gasteiger partial charge in [0.15, 0.2) is 5.88 Å². The molecule has 19 heavy (non-hydrogen) atoms. The molecule has 0 atom stereocenters. The summed E-state index contributed by atoms with van der Waals surface area (Å²) in [5.74, 6) is 0.265. The number of nitrogen functional groups attached to an aromatic ring is 1. The number of hydrogen-bond donors (Lipinski definition) is 2. The molecule has 0 unspecified atom stereocenters. The van der Waals surface area contributed by atoms with E-state index in [4.69, 9.17) is 5.73 Å². The highest BCUT2D eigenvalue weighted by atomic mass is 127. The molecule has 0 amide bonds. The summed E-state index contributed by atoms with van der Waals surface area (Å²) < 4.78 is 3.01. The van der Waals surface area contributed by atoms with Crippen LogP contribution in [0.4, 0.5) is 5.69 Å². The van der Waals surface area contributed by atoms with Gasteiger partial charge in [0, 0.05) is 26.2 Å². The highest BCUT2D eigenvalue weighted by molar-refractivity contribution is 14.1. The van der Waals surface area contributed by atoms with Crippen LogP contribution in [0.25, 0.3) is 10.8 Å². The van der Waals surface area contributed by atoms with Gasteiger partial charge in [0.25, 0.3) is 0 Å². The van der Waals surface area contributed by atoms with E-state index < -0.39 is 0 Å². The summed E-state index contributed by atoms with van der Waals surface area (Å²) in [6, 6.07) is 13.8. The standard InChI is InChI=1S/C15H13IN2O/c16-11-4-1-3-10(7-11)8-18-9-13-12(15(18)19)5-2-6-14(13)17/h1-7,9,19H,8,17H2. The fourth-order valence-electron chi connectivity index (χ4n) is 2.25. The van der Waals surface area contributed by atoms with Crippen molar-refractivity contribution in [2.45, 2.75) is 6.54 Å². The number of aromatic hydroxyl groups is 1. The average molecular weight is 364 g/mol. The van der Waals surface area contributed by atoms with Crippen molar-refractivity contribution >= 4 is 39.1 Å². The van der Waals surface area contributed by atoms with E-state index in [-0.39, 0.29) is 5.88 Å². The van der Waals surface area contributed by atoms with Crippen molar-refractivity contribution in [1.82, 2.24) is 4.57 Å². The Morgan fingerprint density at radius 2 is 1.89 bits per heavy atom. The van der Waals surface area contributed by atoms with Gasteiger partial charge in [-0.25, -0.2) is 0 Å². The highest BCUT2D eigenvalue weighted by Crippen LogP contribution is 2.31. The first-order valence-electron chi connectivity index (χ1n) is 5.96. The number of anilines is 1. The molecule has 1 heterocycles. The van der Waals surface area contributed by atoms with E-state index in [2.05, 4.69) is 34.7 Å². The molecule has 0 aliphatic heterocycles. The van der Waals surface area contributed by atoms with E-state index in [0.717, 1.165) is 16.3 Å². The van der Waals surface area contributed by atoms with Crippen LogP contribution in [-0.2, 0) is 6.54 Å². The van der Waals surface area contributed by atoms with E-state index >= 15 is 0 Å². The van der Waals surface area contributed by atoms with Gasteiger partial charge < -0.3 is 15.4 Å². The molecule has 3 N–H and O–H groups in total. The third-order valence-corrected chi connectivity index (χ3v) is 3.85. The summed E-state index contributed by atoms with van der Waals surface area (Å²) in [6.07, 6.45) is 1.90. The monoisotopic (exact) mass is 364 g/mol. The zero-order valence-corrected chi connectivity index (χ0v) is 12.3. The minimum atomic E-state index is 0.265. The van der Waals surface area contributed by atoms with Crippen molar-refractivity contribution in [3.8, 4) is 5.88 Å². The van der Waals surface area contributed by atoms with Crippen molar-refractivity contribution in [3.05, 3.63) is 57.8 Å². The van der Waals surface area contributed by atoms with E-state index in [1.54, 1.807) is 0 Å². The van der Waals surface area contributed by atoms with Crippen LogP contribution in [0.15, 0.2) is 48.7 Å². The number of benzene rings is 2. The van der Waals surface area contributed by atoms with Crippen molar-refractivity contribution in [2.24, 2.45) is 0 Å². The zero-order valence-electron chi connectivity index (χ0n) is 10.2. The second kappa shape index (κ2) is 4.77. The first kappa shape index (κ1) is 12.3. The lowest BCUT2D eigenvalue weighted by Crippen LogP contribution is -1.97. The molecule has 1 aromatic heterocycles. The van der Waals surface area contributed by atoms with Crippen molar-refractivity contribution in [2.75, 3.05) is 5.73 Å². The predicted molar refractivity (Wildman–Crippen MR) is 86.3 cm³/mol. The van der Waals surface area contributed by atoms with E-state index in [9.17, 15) is 5.11 Å². The number of nitrogens with zero attached hydrogens (tertiary/aromatic N) is 1. The largest absolute Gasteiger partial charge is 0.494 e. The number of aromatic nitrogens is 1. The van der Waals surface area contributed by atoms with Gasteiger partial charge >= 0.3 is 0 Å². The Hall–Kier alpha value is -1.69. The van der Waals surface area contributed by atoms with Crippen molar-refractivity contribution in [1.29, 1.82) is 0 Å². The molecule has 2 aromatic carbocycles. The molecule has 0 spiro atoms. The molecule has 0 aliphatic carbocycles. The summed E-state index contributed by atoms with van der Waals surface area (Å²) >= 11 is 2.28. The summed E-state index contributed by atoms with van der Waals surface area (Å²) in [5, 5.41) is 11.9. The maximum Gasteiger partial charge on any atom is 0.199 e. The Balaban J connectivity index is 2.06. The Kier molecular flexibility index (Phi) is 3.10. The quantitative estimate of drug-likeness (QED) is 0.540. The van der Waals surface area contributed by atoms with Gasteiger partial charge in [-0.15, -0.1) is 0 Å². The number of fused-ring (bicyclic) bond motifs is 1. The Morgan fingerprint density at radius 3 is 2.63 bits per heavy atom. The van der Waals surface area contributed by atoms with Gasteiger partial charge in [-0.3, -0.25) is 0 Å². The SMILES string of the molecule is Nc1cccc2c(O)n(Cc3cccc(I)c3)cc12. The van der Waals surface area contributed by atoms with Gasteiger partial charge in [-0.1, -0.05) is 18.2 Å². The molecule has 0 saturated heterocycles. The number of hydrogen-bond acceptors (Lipinski definition) is 2. The fraction of sp³-hybridized carbons (Fsp3) is 0.0667. The molecule has 0 fully saturated rings. The van der Waals surface area contributed by atoms with Crippen LogP contribution in [0, 0.1) is 3.57 Å². The molecule has 0 aliphatic rings. The van der Waals surface area contributed by atoms with E-state index in [1.165, 1.54) is 3.57 Å². The van der Waals surface area contributed by atoms with Gasteiger partial charge in [0.05, 0.1) is 6.54 Å². The second-order valence-corrected chi connectivity index (χ2v) is 5.76. The molecule has 3 aromatic rings. The number of rotatable bonds is 2. The molecule has 96 valence electrons. The molecule has 3 nitrogen and oxygen atoms in total. The lowest BCUT2D eigenvalue weighted by atomic mass is 10.2. The van der Waals surface area contributed by atoms with Crippen LogP contribution >= 0.6 is 22.6 Å². The Bertz CT molecular complexity index is 749. The van der Waals surface area contributed by atoms with Gasteiger partial charge in [0.1, 0.15) is 0 Å². The third-order valence-electron chi connectivity index (χ3n) is 3.18. The molecule has 3 rings (SSSR count). The third kappa shape index (κ3) is 2.28. The first-order chi connectivity index (χ1) is 9.15. The van der Waals surface area contributed by atoms with Crippen molar-refractivity contribution in [3.63, 3.8) is 0 Å². The molecular formula is C15H13IN2O. The van der Waals surface area contributed by atoms with Crippen LogP contribution in [0.2, 0.25) is 0 Å². The topological polar surface area (TPSA) is 51.2 Å². The van der Waals surface area contributed by atoms with E-state index in [1.807, 2.05) is 41.1 Å². The highest BCUT2D eigenvalue weighted by Gasteiger charge is 2.10. The minimum absolute atomic E-state index is 0.265. The summed E-state index contributed by atoms with van der Waals surface area (Å²) in [5.41, 5.74) is 7.77. The number of halogens is 1. The van der Waals surface area contributed by atoms with Gasteiger partial charge in [-0.2, -0.15) is 0 Å². The normalized spacial score (nSPS) is 11.0. The van der Waals surface area contributed by atoms with Crippen LogP contribution < -0.4 is 5.73 Å². The fourth-order valence-corrected chi connectivity index (χ4v) is 2.85. The summed E-state index contributed by atoms with van der Waals surface area (Å²) in [7, 11) is 0. The van der Waals surface area contributed by atoms with Gasteiger partial charge in [-0.05, 0) is 52.4 Å². The maximum absolute atomic E-state index is 10.3. The van der Waals surface area contributed by atoms with E-state index in [0.29, 0.717) is 12.2 Å². The van der Waals surface area contributed by atoms with Gasteiger partial charge in [0.2, 0.25) is 0 Å². The van der Waals surface area contributed by atoms with Crippen molar-refractivity contribution < 1.29 is 5.11 Å². The lowest BCUT2D eigenvalue weighted by Gasteiger charge is -2.05. The molecule has 4 heteroatoms. The van der Waals surface area contributed by atoms with Crippen LogP contribution in [0.1, 0.15) is 5.56 Å². The van der Waals surface area contributed by atoms with Crippen LogP contribution in [0.3, 0.4) is 0 Å². The van der Waals surface area contributed by atoms with Crippen LogP contribution in [-0.4, -0.2) is 9.67 Å². The molecule has 0 radical (unpaired) electrons. The molecule has 0 bridgehead atoms. The smallest absolute Gasteiger partial charge is 0.199 e. The maximum atomic E-state index is 10.3. The predicted octanol–water partition coefficient (Wildman–Crippen LogP) is 3.58. The summed E-state index contributed by atoms with van der Waals surface area (Å²) in [4.78, 5) is 0. The molecule has 0 saturated carbocycles. The zero-order chi connectivity index (χ0) is 13.4. The second-order valence-electron chi connectivity index (χ2n) is 4.52. The molecular weight excluding hydrogens is 351 g/mol. The average Bonchev–Trinajstić information content (AvgIpc) is 2.69. The summed E-state index contributed by atoms with van der Waals surface area (Å²) in [6.45, 7) is 0.636. The minimum Gasteiger partial charge on any atom is -0.494 e. The Morgan fingerprint density at radius 1 is 1.11 bits per heavy atom. The first-order valence-corrected chi connectivity index (χ1v) is 7.04. The number of nitrogens with two attached hydrogens (primary N) is 1. The lowest BCUT2D eigenvalue weighted by molar-refractivity contribution is 0.430. The van der Waals surface area contributed by atoms with Crippen LogP contribution in [0.5, 0.6) is 5.88 Å². The Labute approximate surface area is 124 Å².